The molecule has 0 fully saturated rings. The van der Waals surface area contributed by atoms with E-state index in [1.54, 1.807) is 26.0 Å². The van der Waals surface area contributed by atoms with Gasteiger partial charge in [0.1, 0.15) is 0 Å². The first-order valence-electron chi connectivity index (χ1n) is 10.3. The minimum Gasteiger partial charge on any atom is -0.399 e. The molecule has 0 aliphatic carbocycles. The predicted molar refractivity (Wildman–Crippen MR) is 137 cm³/mol. The average Bonchev–Trinajstić information content (AvgIpc) is 2.79. The van der Waals surface area contributed by atoms with Crippen molar-refractivity contribution < 1.29 is 16.8 Å². The highest BCUT2D eigenvalue weighted by Gasteiger charge is 2.16. The minimum absolute atomic E-state index is 0.0480. The van der Waals surface area contributed by atoms with Crippen LogP contribution in [0.4, 0.5) is 23.3 Å². The first-order valence-corrected chi connectivity index (χ1v) is 13.3. The molecule has 188 valence electrons. The second kappa shape index (κ2) is 11.0. The van der Waals surface area contributed by atoms with Gasteiger partial charge in [-0.15, -0.1) is 0 Å². The van der Waals surface area contributed by atoms with Crippen molar-refractivity contribution in [3.8, 4) is 0 Å². The smallest absolute Gasteiger partial charge is 0.264 e. The van der Waals surface area contributed by atoms with Crippen molar-refractivity contribution in [2.75, 3.05) is 20.9 Å². The number of nitrogens with one attached hydrogen (secondary N) is 2. The molecule has 0 saturated heterocycles. The van der Waals surface area contributed by atoms with Gasteiger partial charge in [-0.05, 0) is 74.5 Å². The number of nitrogen functional groups attached to an aromatic ring is 2. The molecule has 14 heteroatoms. The van der Waals surface area contributed by atoms with Gasteiger partial charge in [-0.3, -0.25) is 0 Å². The van der Waals surface area contributed by atoms with Crippen LogP contribution in [-0.2, 0) is 20.0 Å². The highest BCUT2D eigenvalue weighted by molar-refractivity contribution is 7.93. The van der Waals surface area contributed by atoms with E-state index in [1.807, 2.05) is 0 Å². The van der Waals surface area contributed by atoms with Crippen LogP contribution in [-0.4, -0.2) is 36.8 Å². The second-order valence-electron chi connectivity index (χ2n) is 7.39. The summed E-state index contributed by atoms with van der Waals surface area (Å²) in [5.41, 5.74) is 13.4. The molecule has 0 amide bonds. The molecular weight excluding hydrogens is 504 g/mol. The molecule has 2 heterocycles. The van der Waals surface area contributed by atoms with Gasteiger partial charge in [-0.25, -0.2) is 46.2 Å². The van der Waals surface area contributed by atoms with E-state index in [0.717, 1.165) is 0 Å². The van der Waals surface area contributed by atoms with Gasteiger partial charge in [0.2, 0.25) is 11.9 Å². The Bertz CT molecular complexity index is 1420. The Balaban J connectivity index is 0.000000201. The molecular formula is C22H24N8O4S2. The fourth-order valence-electron chi connectivity index (χ4n) is 2.65. The molecule has 6 N–H and O–H groups in total. The van der Waals surface area contributed by atoms with Gasteiger partial charge in [0.05, 0.1) is 9.79 Å². The molecule has 0 spiro atoms. The average molecular weight is 529 g/mol. The number of aryl methyl sites for hydroxylation is 2. The molecule has 0 bridgehead atoms. The van der Waals surface area contributed by atoms with Gasteiger partial charge in [0.25, 0.3) is 20.0 Å². The van der Waals surface area contributed by atoms with Crippen molar-refractivity contribution in [1.82, 2.24) is 19.9 Å². The summed E-state index contributed by atoms with van der Waals surface area (Å²) in [4.78, 5) is 15.9. The van der Waals surface area contributed by atoms with Crippen LogP contribution in [0.1, 0.15) is 11.4 Å². The Hall–Kier alpha value is -4.30. The first-order chi connectivity index (χ1) is 16.9. The van der Waals surface area contributed by atoms with Crippen LogP contribution in [0.15, 0.2) is 82.8 Å². The van der Waals surface area contributed by atoms with Crippen molar-refractivity contribution in [2.45, 2.75) is 23.6 Å². The van der Waals surface area contributed by atoms with Crippen LogP contribution in [0.5, 0.6) is 0 Å². The monoisotopic (exact) mass is 528 g/mol. The summed E-state index contributed by atoms with van der Waals surface area (Å²) in [7, 11) is -7.35. The number of aromatic nitrogens is 4. The van der Waals surface area contributed by atoms with E-state index in [9.17, 15) is 16.8 Å². The number of benzene rings is 2. The van der Waals surface area contributed by atoms with E-state index in [4.69, 9.17) is 11.5 Å². The Morgan fingerprint density at radius 3 is 1.22 bits per heavy atom. The fraction of sp³-hybridized carbons (Fsp3) is 0.0909. The largest absolute Gasteiger partial charge is 0.399 e. The summed E-state index contributed by atoms with van der Waals surface area (Å²) in [5, 5.41) is 0. The van der Waals surface area contributed by atoms with Crippen LogP contribution in [0.3, 0.4) is 0 Å². The van der Waals surface area contributed by atoms with E-state index >= 15 is 0 Å². The number of nitrogens with zero attached hydrogens (tertiary/aromatic N) is 4. The maximum atomic E-state index is 12.0. The summed E-state index contributed by atoms with van der Waals surface area (Å²) in [6.45, 7) is 3.51. The Kier molecular flexibility index (Phi) is 8.01. The zero-order chi connectivity index (χ0) is 26.3. The molecule has 0 aliphatic rings. The van der Waals surface area contributed by atoms with E-state index in [2.05, 4.69) is 29.4 Å². The van der Waals surface area contributed by atoms with E-state index in [0.29, 0.717) is 22.8 Å². The molecule has 0 atom stereocenters. The number of nitrogens with two attached hydrogens (primary N) is 2. The molecule has 4 aromatic rings. The lowest BCUT2D eigenvalue weighted by Gasteiger charge is -2.06. The molecule has 4 rings (SSSR count). The maximum absolute atomic E-state index is 12.0. The van der Waals surface area contributed by atoms with Crippen LogP contribution in [0, 0.1) is 13.8 Å². The van der Waals surface area contributed by atoms with Crippen LogP contribution in [0.2, 0.25) is 0 Å². The number of sulfonamides is 2. The maximum Gasteiger partial charge on any atom is 0.264 e. The lowest BCUT2D eigenvalue weighted by atomic mass is 10.3. The van der Waals surface area contributed by atoms with Crippen molar-refractivity contribution in [3.63, 3.8) is 0 Å². The van der Waals surface area contributed by atoms with E-state index < -0.39 is 20.0 Å². The van der Waals surface area contributed by atoms with Crippen molar-refractivity contribution in [2.24, 2.45) is 0 Å². The van der Waals surface area contributed by atoms with Gasteiger partial charge in [0, 0.05) is 35.2 Å². The highest BCUT2D eigenvalue weighted by atomic mass is 32.2. The highest BCUT2D eigenvalue weighted by Crippen LogP contribution is 2.16. The van der Waals surface area contributed by atoms with Crippen molar-refractivity contribution in [1.29, 1.82) is 0 Å². The molecule has 0 radical (unpaired) electrons. The topological polar surface area (TPSA) is 196 Å². The van der Waals surface area contributed by atoms with Crippen molar-refractivity contribution in [3.05, 3.63) is 84.4 Å². The molecule has 0 aliphatic heterocycles. The summed E-state index contributed by atoms with van der Waals surface area (Å²) >= 11 is 0. The lowest BCUT2D eigenvalue weighted by Crippen LogP contribution is -2.15. The number of anilines is 4. The van der Waals surface area contributed by atoms with Gasteiger partial charge >= 0.3 is 0 Å². The normalized spacial score (nSPS) is 11.2. The number of hydrogen-bond acceptors (Lipinski definition) is 10. The first kappa shape index (κ1) is 26.3. The summed E-state index contributed by atoms with van der Waals surface area (Å²) in [6.07, 6.45) is 2.98. The van der Waals surface area contributed by atoms with Gasteiger partial charge in [-0.1, -0.05) is 0 Å². The van der Waals surface area contributed by atoms with E-state index in [-0.39, 0.29) is 21.7 Å². The Morgan fingerprint density at radius 2 is 0.917 bits per heavy atom. The Labute approximate surface area is 209 Å². The molecule has 0 saturated carbocycles. The third-order valence-corrected chi connectivity index (χ3v) is 7.11. The lowest BCUT2D eigenvalue weighted by molar-refractivity contribution is 0.599. The fourth-order valence-corrected chi connectivity index (χ4v) is 4.55. The van der Waals surface area contributed by atoms with Crippen molar-refractivity contribution >= 4 is 43.3 Å². The van der Waals surface area contributed by atoms with Gasteiger partial charge in [0.15, 0.2) is 0 Å². The van der Waals surface area contributed by atoms with Crippen LogP contribution < -0.4 is 20.9 Å². The third kappa shape index (κ3) is 7.35. The molecule has 36 heavy (non-hydrogen) atoms. The van der Waals surface area contributed by atoms with Gasteiger partial charge < -0.3 is 11.5 Å². The third-order valence-electron chi connectivity index (χ3n) is 4.42. The zero-order valence-corrected chi connectivity index (χ0v) is 21.0. The summed E-state index contributed by atoms with van der Waals surface area (Å²) < 4.78 is 52.6. The molecule has 0 unspecified atom stereocenters. The summed E-state index contributed by atoms with van der Waals surface area (Å²) in [6, 6.07) is 15.1. The molecule has 2 aromatic heterocycles. The van der Waals surface area contributed by atoms with Crippen LogP contribution >= 0.6 is 0 Å². The molecule has 2 aromatic carbocycles. The minimum atomic E-state index is -3.68. The standard InChI is InChI=1S/2C11H12N4O2S/c2*1-8-6-7-13-11(14-8)15-18(16,17)10-4-2-9(12)3-5-10/h2*2-7H,12H2,1H3,(H,13,14,15). The van der Waals surface area contributed by atoms with Gasteiger partial charge in [-0.2, -0.15) is 0 Å². The quantitative estimate of drug-likeness (QED) is 0.270. The predicted octanol–water partition coefficient (Wildman–Crippen LogP) is 2.34. The van der Waals surface area contributed by atoms with E-state index in [1.165, 1.54) is 60.9 Å². The summed E-state index contributed by atoms with van der Waals surface area (Å²) in [5.74, 6) is 0.0960. The number of rotatable bonds is 6. The SMILES string of the molecule is Cc1ccnc(NS(=O)(=O)c2ccc(N)cc2)n1.Cc1ccnc(NS(=O)(=O)c2ccc(N)cc2)n1. The Morgan fingerprint density at radius 1 is 0.583 bits per heavy atom. The molecule has 12 nitrogen and oxygen atoms in total. The number of hydrogen-bond donors (Lipinski definition) is 4. The zero-order valence-electron chi connectivity index (χ0n) is 19.3. The second-order valence-corrected chi connectivity index (χ2v) is 10.8. The van der Waals surface area contributed by atoms with Crippen LogP contribution in [0.25, 0.3) is 0 Å².